The lowest BCUT2D eigenvalue weighted by atomic mass is 9.88. The second-order valence-electron chi connectivity index (χ2n) is 4.49. The van der Waals surface area contributed by atoms with E-state index in [1.165, 1.54) is 0 Å². The van der Waals surface area contributed by atoms with Crippen LogP contribution in [-0.2, 0) is 14.3 Å². The molecule has 1 amide bonds. The highest BCUT2D eigenvalue weighted by Crippen LogP contribution is 2.32. The van der Waals surface area contributed by atoms with Gasteiger partial charge in [0.1, 0.15) is 0 Å². The highest BCUT2D eigenvalue weighted by molar-refractivity contribution is 5.86. The molecule has 5 heteroatoms. The molecule has 0 radical (unpaired) electrons. The summed E-state index contributed by atoms with van der Waals surface area (Å²) in [6.45, 7) is 3.02. The first-order valence-electron chi connectivity index (χ1n) is 5.75. The van der Waals surface area contributed by atoms with Crippen LogP contribution in [0.1, 0.15) is 26.2 Å². The topological polar surface area (TPSA) is 66.8 Å². The van der Waals surface area contributed by atoms with Crippen LogP contribution in [0.2, 0.25) is 0 Å². The molecule has 2 rings (SSSR count). The van der Waals surface area contributed by atoms with Crippen LogP contribution in [-0.4, -0.2) is 47.2 Å². The van der Waals surface area contributed by atoms with Crippen LogP contribution in [0.15, 0.2) is 0 Å². The number of nitrogens with zero attached hydrogens (tertiary/aromatic N) is 1. The second kappa shape index (κ2) is 4.41. The molecule has 0 aromatic carbocycles. The molecule has 5 nitrogen and oxygen atoms in total. The summed E-state index contributed by atoms with van der Waals surface area (Å²) in [5.74, 6) is -1.40. The van der Waals surface area contributed by atoms with E-state index in [2.05, 4.69) is 0 Å². The fourth-order valence-electron chi connectivity index (χ4n) is 2.41. The number of likely N-dealkylation sites (tertiary alicyclic amines) is 1. The molecule has 0 aromatic rings. The largest absolute Gasteiger partial charge is 0.481 e. The number of hydrogen-bond donors (Lipinski definition) is 1. The van der Waals surface area contributed by atoms with Crippen LogP contribution >= 0.6 is 0 Å². The van der Waals surface area contributed by atoms with Crippen molar-refractivity contribution in [1.82, 2.24) is 4.90 Å². The molecule has 0 bridgehead atoms. The Balaban J connectivity index is 1.84. The molecule has 2 aliphatic rings. The van der Waals surface area contributed by atoms with Gasteiger partial charge >= 0.3 is 5.97 Å². The van der Waals surface area contributed by atoms with Crippen LogP contribution in [0.25, 0.3) is 0 Å². The third kappa shape index (κ3) is 2.04. The first-order valence-corrected chi connectivity index (χ1v) is 5.75. The van der Waals surface area contributed by atoms with Crippen LogP contribution in [0.5, 0.6) is 0 Å². The van der Waals surface area contributed by atoms with Crippen LogP contribution in [0, 0.1) is 5.92 Å². The van der Waals surface area contributed by atoms with Gasteiger partial charge in [-0.3, -0.25) is 9.59 Å². The number of rotatable bonds is 4. The molecule has 0 spiro atoms. The van der Waals surface area contributed by atoms with Crippen molar-refractivity contribution in [3.8, 4) is 0 Å². The van der Waals surface area contributed by atoms with Gasteiger partial charge < -0.3 is 14.7 Å². The Labute approximate surface area is 94.4 Å². The van der Waals surface area contributed by atoms with Crippen molar-refractivity contribution in [3.05, 3.63) is 0 Å². The van der Waals surface area contributed by atoms with Gasteiger partial charge in [0.15, 0.2) is 0 Å². The Morgan fingerprint density at radius 2 is 2.25 bits per heavy atom. The van der Waals surface area contributed by atoms with Gasteiger partial charge in [0, 0.05) is 25.6 Å². The van der Waals surface area contributed by atoms with E-state index < -0.39 is 11.9 Å². The number of hydrogen-bond acceptors (Lipinski definition) is 3. The zero-order valence-electron chi connectivity index (χ0n) is 9.39. The zero-order valence-corrected chi connectivity index (χ0v) is 9.39. The number of carbonyl (C=O) groups excluding carboxylic acids is 1. The van der Waals surface area contributed by atoms with Crippen molar-refractivity contribution in [2.75, 3.05) is 13.2 Å². The van der Waals surface area contributed by atoms with Crippen molar-refractivity contribution in [2.24, 2.45) is 5.92 Å². The van der Waals surface area contributed by atoms with Gasteiger partial charge in [0.05, 0.1) is 12.0 Å². The number of amides is 1. The smallest absolute Gasteiger partial charge is 0.308 e. The average molecular weight is 227 g/mol. The van der Waals surface area contributed by atoms with Crippen LogP contribution in [0.4, 0.5) is 0 Å². The van der Waals surface area contributed by atoms with E-state index in [0.29, 0.717) is 13.2 Å². The van der Waals surface area contributed by atoms with Gasteiger partial charge in [-0.15, -0.1) is 0 Å². The average Bonchev–Trinajstić information content (AvgIpc) is 2.53. The Morgan fingerprint density at radius 3 is 2.75 bits per heavy atom. The normalized spacial score (nSPS) is 33.9. The van der Waals surface area contributed by atoms with Crippen molar-refractivity contribution < 1.29 is 19.4 Å². The van der Waals surface area contributed by atoms with Gasteiger partial charge in [-0.25, -0.2) is 0 Å². The maximum Gasteiger partial charge on any atom is 0.308 e. The van der Waals surface area contributed by atoms with Crippen molar-refractivity contribution in [1.29, 1.82) is 0 Å². The summed E-state index contributed by atoms with van der Waals surface area (Å²) in [4.78, 5) is 24.1. The van der Waals surface area contributed by atoms with E-state index in [4.69, 9.17) is 9.84 Å². The summed E-state index contributed by atoms with van der Waals surface area (Å²) < 4.78 is 5.42. The monoisotopic (exact) mass is 227 g/mol. The predicted octanol–water partition coefficient (Wildman–Crippen LogP) is 0.487. The number of carboxylic acid groups (broad SMARTS) is 1. The minimum Gasteiger partial charge on any atom is -0.481 e. The minimum absolute atomic E-state index is 0.0210. The lowest BCUT2D eigenvalue weighted by Crippen LogP contribution is -2.48. The van der Waals surface area contributed by atoms with Gasteiger partial charge in [-0.2, -0.15) is 0 Å². The molecule has 1 saturated carbocycles. The summed E-state index contributed by atoms with van der Waals surface area (Å²) in [6, 6.07) is 0.202. The quantitative estimate of drug-likeness (QED) is 0.759. The fraction of sp³-hybridized carbons (Fsp3) is 0.818. The minimum atomic E-state index is -0.864. The predicted molar refractivity (Wildman–Crippen MR) is 55.9 cm³/mol. The van der Waals surface area contributed by atoms with Gasteiger partial charge in [-0.1, -0.05) is 0 Å². The Hall–Kier alpha value is -1.10. The molecular weight excluding hydrogens is 210 g/mol. The van der Waals surface area contributed by atoms with Crippen molar-refractivity contribution in [2.45, 2.75) is 38.3 Å². The first-order chi connectivity index (χ1) is 7.61. The highest BCUT2D eigenvalue weighted by Gasteiger charge is 2.43. The number of carbonyl (C=O) groups is 2. The summed E-state index contributed by atoms with van der Waals surface area (Å²) in [5.41, 5.74) is 0. The van der Waals surface area contributed by atoms with Crippen LogP contribution in [0.3, 0.4) is 0 Å². The van der Waals surface area contributed by atoms with Crippen molar-refractivity contribution in [3.63, 3.8) is 0 Å². The van der Waals surface area contributed by atoms with Gasteiger partial charge in [-0.05, 0) is 19.8 Å². The number of aliphatic carboxylic acids is 1. The molecule has 1 saturated heterocycles. The maximum absolute atomic E-state index is 11.6. The third-order valence-corrected chi connectivity index (χ3v) is 3.42. The summed E-state index contributed by atoms with van der Waals surface area (Å²) in [6.07, 6.45) is 2.12. The third-order valence-electron chi connectivity index (χ3n) is 3.42. The summed E-state index contributed by atoms with van der Waals surface area (Å²) in [5, 5.41) is 8.85. The molecule has 1 unspecified atom stereocenters. The molecule has 1 heterocycles. The standard InChI is InChI=1S/C11H17NO4/c1-2-16-9-4-8(5-9)12-6-7(11(14)15)3-10(12)13/h7-9H,2-6H2,1H3,(H,14,15). The maximum atomic E-state index is 11.6. The lowest BCUT2D eigenvalue weighted by Gasteiger charge is -2.40. The van der Waals surface area contributed by atoms with E-state index in [9.17, 15) is 9.59 Å². The first kappa shape index (κ1) is 11.4. The summed E-state index contributed by atoms with van der Waals surface area (Å²) in [7, 11) is 0. The Kier molecular flexibility index (Phi) is 3.14. The molecule has 1 N–H and O–H groups in total. The Morgan fingerprint density at radius 1 is 1.56 bits per heavy atom. The highest BCUT2D eigenvalue weighted by atomic mass is 16.5. The fourth-order valence-corrected chi connectivity index (χ4v) is 2.41. The molecule has 1 aliphatic carbocycles. The van der Waals surface area contributed by atoms with E-state index >= 15 is 0 Å². The molecule has 2 fully saturated rings. The van der Waals surface area contributed by atoms with E-state index in [-0.39, 0.29) is 24.5 Å². The molecule has 1 atom stereocenters. The van der Waals surface area contributed by atoms with Gasteiger partial charge in [0.25, 0.3) is 0 Å². The van der Waals surface area contributed by atoms with Gasteiger partial charge in [0.2, 0.25) is 5.91 Å². The summed E-state index contributed by atoms with van der Waals surface area (Å²) >= 11 is 0. The lowest BCUT2D eigenvalue weighted by molar-refractivity contribution is -0.141. The van der Waals surface area contributed by atoms with E-state index in [1.54, 1.807) is 4.90 Å². The number of ether oxygens (including phenoxy) is 1. The molecular formula is C11H17NO4. The van der Waals surface area contributed by atoms with E-state index in [0.717, 1.165) is 12.8 Å². The SMILES string of the molecule is CCOC1CC(N2CC(C(=O)O)CC2=O)C1. The molecule has 0 aromatic heterocycles. The zero-order chi connectivity index (χ0) is 11.7. The van der Waals surface area contributed by atoms with E-state index in [1.807, 2.05) is 6.92 Å². The van der Waals surface area contributed by atoms with Crippen LogP contribution < -0.4 is 0 Å². The Bertz CT molecular complexity index is 298. The molecule has 1 aliphatic heterocycles. The molecule has 90 valence electrons. The molecule has 16 heavy (non-hydrogen) atoms. The second-order valence-corrected chi connectivity index (χ2v) is 4.49. The number of carboxylic acids is 1. The van der Waals surface area contributed by atoms with Crippen molar-refractivity contribution >= 4 is 11.9 Å².